The van der Waals surface area contributed by atoms with Crippen molar-refractivity contribution in [3.8, 4) is 50.7 Å². The average molecular weight is 2250 g/mol. The molecule has 0 spiro atoms. The van der Waals surface area contributed by atoms with Crippen molar-refractivity contribution in [2.24, 2.45) is 10.8 Å². The van der Waals surface area contributed by atoms with Crippen LogP contribution >= 0.6 is 0 Å². The van der Waals surface area contributed by atoms with E-state index in [4.69, 9.17) is 10.2 Å². The van der Waals surface area contributed by atoms with Crippen molar-refractivity contribution in [2.75, 3.05) is 19.0 Å². The van der Waals surface area contributed by atoms with Gasteiger partial charge in [-0.1, -0.05) is 119 Å². The number of allylic oxidation sites excluding steroid dienone is 2. The van der Waals surface area contributed by atoms with Crippen LogP contribution in [0.1, 0.15) is 57.6 Å². The number of carboxylic acids is 1. The molecule has 6 aromatic heterocycles. The van der Waals surface area contributed by atoms with Gasteiger partial charge in [0, 0.05) is 227 Å². The van der Waals surface area contributed by atoms with Crippen molar-refractivity contribution >= 4 is 17.4 Å². The van der Waals surface area contributed by atoms with Crippen LogP contribution in [0.25, 0.3) is 50.7 Å². The predicted molar refractivity (Wildman–Crippen MR) is 342 cm³/mol. The summed E-state index contributed by atoms with van der Waals surface area (Å²) in [6.45, 7) is 11.0. The van der Waals surface area contributed by atoms with Gasteiger partial charge in [0.1, 0.15) is 11.5 Å². The van der Waals surface area contributed by atoms with Crippen molar-refractivity contribution < 1.29 is 161 Å². The SMILES string of the molecule is CC(C)(C)C(=O)C=C(O)C(C)(C)C.CN(C)c1ccnc(-c2[c-]cc(F)cc2F)c1.Fc1c[c-]c(-c2ccccn2)c(F)c1.Fc1c[c-]c(-n2cccn2)c(F)c1.O=C(O)c1ccccn1.OCc1ccnc(-c2[c-]cc(F)cc2F)c1.[Ir].[Ir].[Ir].[Ir].[Ir].[c-]1ccccc1-c1ccccn1. The van der Waals surface area contributed by atoms with Crippen molar-refractivity contribution in [3.63, 3.8) is 0 Å². The average Bonchev–Trinajstić information content (AvgIpc) is 1.19. The minimum atomic E-state index is -0.990. The number of hydrogen-bond donors (Lipinski definition) is 3. The first-order valence-corrected chi connectivity index (χ1v) is 28.2. The molecule has 26 heteroatoms. The zero-order chi connectivity index (χ0) is 69.0. The smallest absolute Gasteiger partial charge is 0.354 e. The number of halogens is 8. The Morgan fingerprint density at radius 3 is 1.33 bits per heavy atom. The van der Waals surface area contributed by atoms with Crippen LogP contribution in [0.3, 0.4) is 0 Å². The van der Waals surface area contributed by atoms with Crippen molar-refractivity contribution in [3.05, 3.63) is 301 Å². The number of benzene rings is 5. The zero-order valence-corrected chi connectivity index (χ0v) is 65.7. The van der Waals surface area contributed by atoms with E-state index in [-0.39, 0.29) is 152 Å². The van der Waals surface area contributed by atoms with E-state index in [1.54, 1.807) is 73.3 Å². The molecule has 0 fully saturated rings. The van der Waals surface area contributed by atoms with E-state index >= 15 is 0 Å². The summed E-state index contributed by atoms with van der Waals surface area (Å²) >= 11 is 0. The minimum Gasteiger partial charge on any atom is -0.512 e. The van der Waals surface area contributed by atoms with Crippen LogP contribution in [0.4, 0.5) is 40.8 Å². The maximum atomic E-state index is 13.5. The van der Waals surface area contributed by atoms with Gasteiger partial charge in [0.15, 0.2) is 5.78 Å². The Hall–Kier alpha value is -7.81. The van der Waals surface area contributed by atoms with Crippen molar-refractivity contribution in [2.45, 2.75) is 48.1 Å². The van der Waals surface area contributed by atoms with Gasteiger partial charge in [0.05, 0.1) is 6.61 Å². The number of aromatic carboxylic acids is 1. The van der Waals surface area contributed by atoms with Crippen molar-refractivity contribution in [1.29, 1.82) is 0 Å². The molecule has 0 aliphatic rings. The predicted octanol–water partition coefficient (Wildman–Crippen LogP) is 16.4. The first-order chi connectivity index (χ1) is 44.6. The molecule has 0 amide bonds. The summed E-state index contributed by atoms with van der Waals surface area (Å²) in [7, 11) is 3.76. The first-order valence-electron chi connectivity index (χ1n) is 28.2. The van der Waals surface area contributed by atoms with Crippen molar-refractivity contribution in [1.82, 2.24) is 34.7 Å². The van der Waals surface area contributed by atoms with Gasteiger partial charge in [0.2, 0.25) is 0 Å². The molecule has 11 aromatic rings. The van der Waals surface area contributed by atoms with Crippen LogP contribution in [0.2, 0.25) is 0 Å². The van der Waals surface area contributed by atoms with Crippen LogP contribution in [-0.4, -0.2) is 75.9 Å². The van der Waals surface area contributed by atoms with Crippen LogP contribution in [0.15, 0.2) is 213 Å². The van der Waals surface area contributed by atoms with E-state index in [1.807, 2.05) is 109 Å². The molecule has 99 heavy (non-hydrogen) atoms. The molecule has 3 N–H and O–H groups in total. The second-order valence-electron chi connectivity index (χ2n) is 21.7. The third kappa shape index (κ3) is 31.5. The first kappa shape index (κ1) is 91.2. The van der Waals surface area contributed by atoms with Crippen LogP contribution < -0.4 is 4.90 Å². The second-order valence-corrected chi connectivity index (χ2v) is 21.7. The molecular formula is C73H63F8Ir5N8O5-5. The number of anilines is 1. The number of aliphatic hydroxyl groups is 2. The van der Waals surface area contributed by atoms with E-state index in [0.29, 0.717) is 22.6 Å². The minimum absolute atomic E-state index is 0. The molecule has 0 aliphatic heterocycles. The molecule has 13 nitrogen and oxygen atoms in total. The number of carboxylic acid groups (broad SMARTS) is 1. The molecule has 531 valence electrons. The monoisotopic (exact) mass is 2250 g/mol. The summed E-state index contributed by atoms with van der Waals surface area (Å²) in [6.07, 6.45) is 12.2. The van der Waals surface area contributed by atoms with Gasteiger partial charge in [-0.2, -0.15) is 11.2 Å². The second kappa shape index (κ2) is 45.8. The number of rotatable bonds is 9. The van der Waals surface area contributed by atoms with Gasteiger partial charge in [-0.3, -0.25) is 44.6 Å². The fourth-order valence-corrected chi connectivity index (χ4v) is 7.11. The normalized spacial score (nSPS) is 10.1. The van der Waals surface area contributed by atoms with Gasteiger partial charge in [-0.05, 0) is 76.5 Å². The van der Waals surface area contributed by atoms with E-state index in [1.165, 1.54) is 41.5 Å². The third-order valence-corrected chi connectivity index (χ3v) is 12.2. The Balaban J connectivity index is 0.00000113. The number of pyridine rings is 5. The maximum Gasteiger partial charge on any atom is 0.354 e. The van der Waals surface area contributed by atoms with E-state index in [2.05, 4.69) is 60.4 Å². The van der Waals surface area contributed by atoms with Crippen LogP contribution in [0, 0.1) is 87.7 Å². The van der Waals surface area contributed by atoms with E-state index in [9.17, 15) is 49.8 Å². The Labute approximate surface area is 637 Å². The summed E-state index contributed by atoms with van der Waals surface area (Å²) in [4.78, 5) is 43.3. The Bertz CT molecular complexity index is 4170. The summed E-state index contributed by atoms with van der Waals surface area (Å²) < 4.78 is 105. The van der Waals surface area contributed by atoms with Gasteiger partial charge in [-0.25, -0.2) is 9.78 Å². The zero-order valence-electron chi connectivity index (χ0n) is 53.8. The standard InChI is InChI=1S/C13H11F2N2.C12H8F2NO.C11H6F2N.C11H8N.C11H20O2.C9H5F2N2.C6H5NO2.5Ir/c1-17(2)10-5-6-16-13(8-10)11-4-3-9(14)7-12(11)15;13-9-1-2-10(11(14)6-9)12-5-8(7-16)3-4-15-12;12-8-4-5-9(10(13)7-8)11-3-1-2-6-14-11;1-2-6-10(7-3-1)11-8-4-5-9-12-11;1-10(2,3)8(12)7-9(13)11(4,5)6;10-7-2-3-9(8(11)6-7)13-5-1-4-12-13;8-6(9)5-3-1-2-4-7-5;;;;;/h3,5-8H,1-2H3;1,3-6,16H,7H2;1-4,6-7H;1-6,8-9H;7,12H,1-6H3;1-2,4-6H;1-4H,(H,8,9);;;;;/q4*-1;;-1;;;;;;. The molecule has 0 saturated heterocycles. The van der Waals surface area contributed by atoms with Gasteiger partial charge < -0.3 is 40.2 Å². The Morgan fingerprint density at radius 2 is 0.939 bits per heavy atom. The van der Waals surface area contributed by atoms with E-state index in [0.717, 1.165) is 65.5 Å². The van der Waals surface area contributed by atoms with Gasteiger partial charge >= 0.3 is 5.97 Å². The maximum absolute atomic E-state index is 13.5. The molecule has 6 heterocycles. The fraction of sp³-hybridized carbons (Fsp3) is 0.151. The van der Waals surface area contributed by atoms with Gasteiger partial charge in [0.25, 0.3) is 0 Å². The molecule has 0 atom stereocenters. The fourth-order valence-electron chi connectivity index (χ4n) is 7.11. The topological polar surface area (TPSA) is 180 Å². The summed E-state index contributed by atoms with van der Waals surface area (Å²) in [5.74, 6) is -6.20. The number of nitrogens with zero attached hydrogens (tertiary/aromatic N) is 8. The number of aliphatic hydroxyl groups excluding tert-OH is 2. The number of hydrogen-bond acceptors (Lipinski definition) is 11. The quantitative estimate of drug-likeness (QED) is 0.0539. The summed E-state index contributed by atoms with van der Waals surface area (Å²) in [6, 6.07) is 52.6. The number of ketones is 1. The molecular weight excluding hydrogens is 2180 g/mol. The molecule has 5 radical (unpaired) electrons. The largest absolute Gasteiger partial charge is 0.512 e. The number of carbonyl (C=O) groups is 2. The van der Waals surface area contributed by atoms with Crippen LogP contribution in [-0.2, 0) is 112 Å². The molecule has 0 bridgehead atoms. The number of carbonyl (C=O) groups excluding carboxylic acids is 1. The van der Waals surface area contributed by atoms with Gasteiger partial charge in [-0.15, -0.1) is 84.4 Å². The Kier molecular flexibility index (Phi) is 42.2. The number of aromatic nitrogens is 7. The molecule has 0 saturated carbocycles. The van der Waals surface area contributed by atoms with Crippen LogP contribution in [0.5, 0.6) is 0 Å². The van der Waals surface area contributed by atoms with E-state index < -0.39 is 57.9 Å². The molecule has 0 unspecified atom stereocenters. The Morgan fingerprint density at radius 1 is 0.485 bits per heavy atom. The molecule has 5 aromatic carbocycles. The molecule has 11 rings (SSSR count). The third-order valence-electron chi connectivity index (χ3n) is 12.2. The molecule has 0 aliphatic carbocycles. The summed E-state index contributed by atoms with van der Waals surface area (Å²) in [5, 5.41) is 30.6. The summed E-state index contributed by atoms with van der Waals surface area (Å²) in [5.41, 5.74) is 4.62.